The number of nitrogens with zero attached hydrogens (tertiary/aromatic N) is 7. The summed E-state index contributed by atoms with van der Waals surface area (Å²) in [5, 5.41) is 3.89. The van der Waals surface area contributed by atoms with Gasteiger partial charge in [-0.3, -0.25) is 4.90 Å². The SMILES string of the molecule is CC(C)(C)OC(=O)N1CCN(C2CN(N3CCN(c4ccc(CN)cc4)CC3)C(F)C(c3ncccn3)O2)CC1. The van der Waals surface area contributed by atoms with Gasteiger partial charge < -0.3 is 25.0 Å². The van der Waals surface area contributed by atoms with Crippen molar-refractivity contribution in [3.63, 3.8) is 0 Å². The highest BCUT2D eigenvalue weighted by atomic mass is 19.1. The van der Waals surface area contributed by atoms with Crippen LogP contribution in [0.1, 0.15) is 38.3 Å². The first-order valence-corrected chi connectivity index (χ1v) is 14.1. The molecule has 3 aliphatic rings. The molecule has 0 spiro atoms. The fraction of sp³-hybridized carbons (Fsp3) is 0.607. The fourth-order valence-corrected chi connectivity index (χ4v) is 5.38. The number of halogens is 1. The van der Waals surface area contributed by atoms with Gasteiger partial charge in [0.15, 0.2) is 18.2 Å². The maximum absolute atomic E-state index is 16.1. The summed E-state index contributed by atoms with van der Waals surface area (Å²) in [6.07, 6.45) is 0.195. The topological polar surface area (TPSA) is 104 Å². The molecule has 0 aliphatic carbocycles. The van der Waals surface area contributed by atoms with E-state index in [1.54, 1.807) is 28.4 Å². The van der Waals surface area contributed by atoms with Crippen LogP contribution in [0.4, 0.5) is 14.9 Å². The Morgan fingerprint density at radius 3 is 2.27 bits per heavy atom. The number of carbonyl (C=O) groups is 1. The monoisotopic (exact) mass is 556 g/mol. The van der Waals surface area contributed by atoms with Crippen LogP contribution in [0.3, 0.4) is 0 Å². The number of morpholine rings is 1. The van der Waals surface area contributed by atoms with Gasteiger partial charge in [0.1, 0.15) is 11.8 Å². The Morgan fingerprint density at radius 1 is 1.02 bits per heavy atom. The fourth-order valence-electron chi connectivity index (χ4n) is 5.38. The highest BCUT2D eigenvalue weighted by molar-refractivity contribution is 5.68. The van der Waals surface area contributed by atoms with E-state index in [0.717, 1.165) is 24.3 Å². The van der Waals surface area contributed by atoms with Crippen LogP contribution in [0.25, 0.3) is 0 Å². The molecule has 1 aromatic carbocycles. The standard InChI is InChI=1S/C28H41FN8O3/c1-28(2,3)40-27(38)35-13-11-34(12-14-35)23-20-37(25(29)24(39-23)26-31-9-4-10-32-26)36-17-15-33(16-18-36)22-7-5-21(19-30)6-8-22/h4-10,23-25H,11-20,30H2,1-3H3. The Morgan fingerprint density at radius 2 is 1.68 bits per heavy atom. The molecule has 12 heteroatoms. The average Bonchev–Trinajstić information content (AvgIpc) is 2.97. The Hall–Kier alpha value is -2.90. The van der Waals surface area contributed by atoms with Crippen molar-refractivity contribution in [3.8, 4) is 0 Å². The minimum Gasteiger partial charge on any atom is -0.444 e. The number of nitrogens with two attached hydrogens (primary N) is 1. The first kappa shape index (κ1) is 28.6. The van der Waals surface area contributed by atoms with E-state index < -0.39 is 18.0 Å². The molecule has 3 atom stereocenters. The van der Waals surface area contributed by atoms with Crippen LogP contribution in [0.5, 0.6) is 0 Å². The molecular formula is C28H41FN8O3. The molecule has 0 bridgehead atoms. The van der Waals surface area contributed by atoms with E-state index >= 15 is 4.39 Å². The molecule has 3 fully saturated rings. The zero-order valence-electron chi connectivity index (χ0n) is 23.7. The third-order valence-electron chi connectivity index (χ3n) is 7.55. The number of rotatable bonds is 5. The Bertz CT molecular complexity index is 1100. The molecule has 40 heavy (non-hydrogen) atoms. The summed E-state index contributed by atoms with van der Waals surface area (Å²) in [4.78, 5) is 27.4. The van der Waals surface area contributed by atoms with Crippen LogP contribution < -0.4 is 10.6 Å². The molecular weight excluding hydrogens is 515 g/mol. The van der Waals surface area contributed by atoms with Crippen molar-refractivity contribution in [2.24, 2.45) is 5.73 Å². The van der Waals surface area contributed by atoms with Gasteiger partial charge in [-0.05, 0) is 44.5 Å². The molecule has 4 heterocycles. The maximum Gasteiger partial charge on any atom is 0.410 e. The number of piperazine rings is 2. The number of carbonyl (C=O) groups excluding carboxylic acids is 1. The first-order valence-electron chi connectivity index (χ1n) is 14.1. The smallest absolute Gasteiger partial charge is 0.410 e. The second-order valence-electron chi connectivity index (χ2n) is 11.4. The van der Waals surface area contributed by atoms with E-state index in [1.165, 1.54) is 0 Å². The number of amides is 1. The Balaban J connectivity index is 1.26. The largest absolute Gasteiger partial charge is 0.444 e. The third kappa shape index (κ3) is 6.69. The quantitative estimate of drug-likeness (QED) is 0.552. The van der Waals surface area contributed by atoms with Crippen LogP contribution >= 0.6 is 0 Å². The maximum atomic E-state index is 16.1. The molecule has 1 amide bonds. The number of ether oxygens (including phenoxy) is 2. The van der Waals surface area contributed by atoms with Gasteiger partial charge in [0, 0.05) is 77.0 Å². The van der Waals surface area contributed by atoms with E-state index in [1.807, 2.05) is 20.8 Å². The number of benzene rings is 1. The number of hydrogen-bond acceptors (Lipinski definition) is 10. The van der Waals surface area contributed by atoms with Crippen LogP contribution in [-0.4, -0.2) is 113 Å². The van der Waals surface area contributed by atoms with E-state index in [0.29, 0.717) is 58.2 Å². The number of aromatic nitrogens is 2. The first-order chi connectivity index (χ1) is 19.2. The van der Waals surface area contributed by atoms with Gasteiger partial charge in [-0.2, -0.15) is 0 Å². The van der Waals surface area contributed by atoms with Crippen LogP contribution in [0.15, 0.2) is 42.7 Å². The summed E-state index contributed by atoms with van der Waals surface area (Å²) in [6, 6.07) is 10.0. The zero-order chi connectivity index (χ0) is 28.3. The lowest BCUT2D eigenvalue weighted by Crippen LogP contribution is -2.65. The van der Waals surface area contributed by atoms with Crippen molar-refractivity contribution >= 4 is 11.8 Å². The van der Waals surface area contributed by atoms with Crippen LogP contribution in [-0.2, 0) is 16.0 Å². The summed E-state index contributed by atoms with van der Waals surface area (Å²) < 4.78 is 28.0. The van der Waals surface area contributed by atoms with Gasteiger partial charge in [0.25, 0.3) is 0 Å². The molecule has 3 unspecified atom stereocenters. The summed E-state index contributed by atoms with van der Waals surface area (Å²) in [7, 11) is 0. The predicted octanol–water partition coefficient (Wildman–Crippen LogP) is 2.22. The van der Waals surface area contributed by atoms with Crippen molar-refractivity contribution in [1.82, 2.24) is 29.8 Å². The molecule has 5 rings (SSSR count). The van der Waals surface area contributed by atoms with Crippen molar-refractivity contribution in [2.75, 3.05) is 63.8 Å². The van der Waals surface area contributed by atoms with E-state index in [-0.39, 0.29) is 12.3 Å². The average molecular weight is 557 g/mol. The van der Waals surface area contributed by atoms with E-state index in [2.05, 4.69) is 49.0 Å². The highest BCUT2D eigenvalue weighted by Gasteiger charge is 2.45. The molecule has 0 saturated carbocycles. The van der Waals surface area contributed by atoms with E-state index in [9.17, 15) is 4.79 Å². The molecule has 1 aromatic heterocycles. The minimum atomic E-state index is -1.42. The summed E-state index contributed by atoms with van der Waals surface area (Å²) in [5.41, 5.74) is 7.45. The Labute approximate surface area is 235 Å². The lowest BCUT2D eigenvalue weighted by atomic mass is 10.2. The van der Waals surface area contributed by atoms with Gasteiger partial charge in [0.2, 0.25) is 0 Å². The Kier molecular flexibility index (Phi) is 8.81. The molecule has 11 nitrogen and oxygen atoms in total. The highest BCUT2D eigenvalue weighted by Crippen LogP contribution is 2.33. The summed E-state index contributed by atoms with van der Waals surface area (Å²) in [5.74, 6) is 0.329. The normalized spacial score (nSPS) is 25.7. The van der Waals surface area contributed by atoms with Crippen LogP contribution in [0.2, 0.25) is 0 Å². The molecule has 2 aromatic rings. The third-order valence-corrected chi connectivity index (χ3v) is 7.55. The van der Waals surface area contributed by atoms with Crippen LogP contribution in [0, 0.1) is 0 Å². The zero-order valence-corrected chi connectivity index (χ0v) is 23.7. The molecule has 218 valence electrons. The molecule has 3 aliphatic heterocycles. The van der Waals surface area contributed by atoms with Crippen molar-refractivity contribution in [2.45, 2.75) is 51.5 Å². The summed E-state index contributed by atoms with van der Waals surface area (Å²) in [6.45, 7) is 11.6. The van der Waals surface area contributed by atoms with Crippen molar-refractivity contribution < 1.29 is 18.7 Å². The number of hydrogen-bond donors (Lipinski definition) is 1. The predicted molar refractivity (Wildman–Crippen MR) is 149 cm³/mol. The minimum absolute atomic E-state index is 0.312. The lowest BCUT2D eigenvalue weighted by Gasteiger charge is -2.50. The molecule has 3 saturated heterocycles. The lowest BCUT2D eigenvalue weighted by molar-refractivity contribution is -0.264. The molecule has 0 radical (unpaired) electrons. The number of hydrazine groups is 1. The second kappa shape index (κ2) is 12.3. The van der Waals surface area contributed by atoms with Crippen molar-refractivity contribution in [3.05, 3.63) is 54.1 Å². The van der Waals surface area contributed by atoms with Crippen molar-refractivity contribution in [1.29, 1.82) is 0 Å². The summed E-state index contributed by atoms with van der Waals surface area (Å²) >= 11 is 0. The van der Waals surface area contributed by atoms with E-state index in [4.69, 9.17) is 15.2 Å². The number of anilines is 1. The van der Waals surface area contributed by atoms with Gasteiger partial charge >= 0.3 is 6.09 Å². The van der Waals surface area contributed by atoms with Gasteiger partial charge in [-0.15, -0.1) is 0 Å². The van der Waals surface area contributed by atoms with Gasteiger partial charge in [0.05, 0.1) is 6.54 Å². The van der Waals surface area contributed by atoms with Gasteiger partial charge in [-0.25, -0.2) is 29.2 Å². The van der Waals surface area contributed by atoms with Gasteiger partial charge in [-0.1, -0.05) is 12.1 Å². The second-order valence-corrected chi connectivity index (χ2v) is 11.4. The number of alkyl halides is 1. The molecule has 2 N–H and O–H groups in total.